The molecule has 0 fully saturated rings. The summed E-state index contributed by atoms with van der Waals surface area (Å²) >= 11 is 0. The van der Waals surface area contributed by atoms with Crippen molar-refractivity contribution in [3.05, 3.63) is 12.1 Å². The number of hydrogen-bond donors (Lipinski definition) is 3. The molecule has 1 atom stereocenters. The second-order valence-electron chi connectivity index (χ2n) is 6.10. The lowest BCUT2D eigenvalue weighted by Gasteiger charge is -2.22. The number of alkyl carbamates (subject to hydrolysis) is 1. The van der Waals surface area contributed by atoms with E-state index in [0.29, 0.717) is 17.6 Å². The lowest BCUT2D eigenvalue weighted by atomic mass is 10.1. The van der Waals surface area contributed by atoms with E-state index < -0.39 is 35.5 Å². The van der Waals surface area contributed by atoms with E-state index in [0.717, 1.165) is 6.42 Å². The second-order valence-corrected chi connectivity index (χ2v) is 6.10. The van der Waals surface area contributed by atoms with Crippen LogP contribution in [0.15, 0.2) is 12.1 Å². The number of rotatable bonds is 6. The summed E-state index contributed by atoms with van der Waals surface area (Å²) in [4.78, 5) is 28.9. The van der Waals surface area contributed by atoms with Crippen LogP contribution in [0, 0.1) is 0 Å². The van der Waals surface area contributed by atoms with Gasteiger partial charge in [0, 0.05) is 12.1 Å². The van der Waals surface area contributed by atoms with E-state index >= 15 is 0 Å². The van der Waals surface area contributed by atoms with Crippen LogP contribution in [-0.2, 0) is 9.53 Å². The van der Waals surface area contributed by atoms with Crippen LogP contribution in [0.5, 0.6) is 11.8 Å². The van der Waals surface area contributed by atoms with E-state index in [4.69, 9.17) is 9.57 Å². The molecule has 1 aromatic rings. The first kappa shape index (κ1) is 18.7. The summed E-state index contributed by atoms with van der Waals surface area (Å²) in [5.74, 6) is -1.67. The van der Waals surface area contributed by atoms with Gasteiger partial charge >= 0.3 is 12.1 Å². The Morgan fingerprint density at radius 2 is 1.83 bits per heavy atom. The molecule has 0 saturated carbocycles. The van der Waals surface area contributed by atoms with E-state index in [-0.39, 0.29) is 0 Å². The highest BCUT2D eigenvalue weighted by Crippen LogP contribution is 2.19. The van der Waals surface area contributed by atoms with Crippen LogP contribution < -0.4 is 10.2 Å². The Labute approximate surface area is 135 Å². The first-order chi connectivity index (χ1) is 10.6. The number of nitrogens with zero attached hydrogens (tertiary/aromatic N) is 1. The molecular weight excluding hydrogens is 304 g/mol. The molecule has 130 valence electrons. The molecule has 8 nitrogen and oxygen atoms in total. The smallest absolute Gasteiger partial charge is 0.408 e. The highest BCUT2D eigenvalue weighted by atomic mass is 16.7. The molecule has 0 aliphatic rings. The summed E-state index contributed by atoms with van der Waals surface area (Å²) < 4.78 is 5.70. The zero-order valence-electron chi connectivity index (χ0n) is 13.8. The van der Waals surface area contributed by atoms with Crippen molar-refractivity contribution in [2.75, 3.05) is 0 Å². The van der Waals surface area contributed by atoms with Crippen LogP contribution in [0.1, 0.15) is 47.0 Å². The van der Waals surface area contributed by atoms with Gasteiger partial charge in [0.1, 0.15) is 11.6 Å². The first-order valence-corrected chi connectivity index (χ1v) is 7.45. The van der Waals surface area contributed by atoms with Crippen molar-refractivity contribution in [2.45, 2.75) is 58.6 Å². The Balaban J connectivity index is 2.76. The molecule has 0 spiro atoms. The standard InChI is InChI=1S/C15H24N2O6/c1-5-6-7-10(16-14(21)22-15(2,3)4)13(20)23-17-11(18)8-9-12(17)19/h8-10,18-19H,5-7H2,1-4H3,(H,16,21)/t10-/m0/s1. The molecule has 0 radical (unpaired) electrons. The van der Waals surface area contributed by atoms with Gasteiger partial charge in [-0.1, -0.05) is 19.8 Å². The molecular formula is C15H24N2O6. The summed E-state index contributed by atoms with van der Waals surface area (Å²) in [6, 6.07) is 1.39. The quantitative estimate of drug-likeness (QED) is 0.736. The summed E-state index contributed by atoms with van der Waals surface area (Å²) in [6.07, 6.45) is 1.10. The van der Waals surface area contributed by atoms with Gasteiger partial charge in [0.15, 0.2) is 0 Å². The zero-order valence-corrected chi connectivity index (χ0v) is 13.8. The number of ether oxygens (including phenoxy) is 1. The van der Waals surface area contributed by atoms with E-state index in [9.17, 15) is 19.8 Å². The average Bonchev–Trinajstić information content (AvgIpc) is 2.73. The van der Waals surface area contributed by atoms with E-state index in [2.05, 4.69) is 5.32 Å². The van der Waals surface area contributed by atoms with Crippen molar-refractivity contribution in [1.29, 1.82) is 0 Å². The monoisotopic (exact) mass is 328 g/mol. The Bertz CT molecular complexity index is 527. The van der Waals surface area contributed by atoms with Crippen LogP contribution in [0.25, 0.3) is 0 Å². The van der Waals surface area contributed by atoms with Crippen molar-refractivity contribution in [3.63, 3.8) is 0 Å². The Hall–Kier alpha value is -2.38. The minimum absolute atomic E-state index is 0.345. The Kier molecular flexibility index (Phi) is 6.29. The Morgan fingerprint density at radius 1 is 1.26 bits per heavy atom. The maximum Gasteiger partial charge on any atom is 0.408 e. The third-order valence-corrected chi connectivity index (χ3v) is 2.80. The molecule has 3 N–H and O–H groups in total. The van der Waals surface area contributed by atoms with Crippen LogP contribution in [0.3, 0.4) is 0 Å². The molecule has 0 aromatic carbocycles. The van der Waals surface area contributed by atoms with E-state index in [1.54, 1.807) is 20.8 Å². The number of amides is 1. The highest BCUT2D eigenvalue weighted by molar-refractivity contribution is 5.81. The van der Waals surface area contributed by atoms with Crippen LogP contribution in [0.2, 0.25) is 0 Å². The van der Waals surface area contributed by atoms with Gasteiger partial charge in [0.05, 0.1) is 0 Å². The molecule has 0 saturated heterocycles. The minimum atomic E-state index is -0.953. The minimum Gasteiger partial charge on any atom is -0.492 e. The molecule has 0 aliphatic heterocycles. The summed E-state index contributed by atoms with van der Waals surface area (Å²) in [7, 11) is 0. The third kappa shape index (κ3) is 6.09. The molecule has 0 aliphatic carbocycles. The third-order valence-electron chi connectivity index (χ3n) is 2.80. The predicted molar refractivity (Wildman–Crippen MR) is 82.0 cm³/mol. The fourth-order valence-electron chi connectivity index (χ4n) is 1.76. The summed E-state index contributed by atoms with van der Waals surface area (Å²) in [5.41, 5.74) is -0.694. The van der Waals surface area contributed by atoms with Gasteiger partial charge in [-0.15, -0.1) is 4.73 Å². The number of aromatic nitrogens is 1. The maximum atomic E-state index is 12.2. The SMILES string of the molecule is CCCC[C@H](NC(=O)OC(C)(C)C)C(=O)On1c(O)ccc1O. The van der Waals surface area contributed by atoms with Gasteiger partial charge in [-0.25, -0.2) is 9.59 Å². The zero-order chi connectivity index (χ0) is 17.6. The average molecular weight is 328 g/mol. The van der Waals surface area contributed by atoms with Crippen molar-refractivity contribution >= 4 is 12.1 Å². The topological polar surface area (TPSA) is 110 Å². The summed E-state index contributed by atoms with van der Waals surface area (Å²) in [5, 5.41) is 21.4. The molecule has 23 heavy (non-hydrogen) atoms. The van der Waals surface area contributed by atoms with Crippen molar-refractivity contribution in [3.8, 4) is 11.8 Å². The fraction of sp³-hybridized carbons (Fsp3) is 0.600. The second kappa shape index (κ2) is 7.75. The molecule has 8 heteroatoms. The largest absolute Gasteiger partial charge is 0.492 e. The summed E-state index contributed by atoms with van der Waals surface area (Å²) in [6.45, 7) is 7.07. The lowest BCUT2D eigenvalue weighted by molar-refractivity contribution is -0.148. The maximum absolute atomic E-state index is 12.2. The molecule has 0 unspecified atom stereocenters. The van der Waals surface area contributed by atoms with Gasteiger partial charge in [-0.05, 0) is 27.2 Å². The first-order valence-electron chi connectivity index (χ1n) is 7.45. The number of carbonyl (C=O) groups excluding carboxylic acids is 2. The number of carbonyl (C=O) groups is 2. The predicted octanol–water partition coefficient (Wildman–Crippen LogP) is 1.94. The molecule has 1 rings (SSSR count). The number of nitrogens with one attached hydrogen (secondary N) is 1. The Morgan fingerprint density at radius 3 is 2.30 bits per heavy atom. The molecule has 1 aromatic heterocycles. The fourth-order valence-corrected chi connectivity index (χ4v) is 1.76. The van der Waals surface area contributed by atoms with Crippen LogP contribution in [0.4, 0.5) is 4.79 Å². The van der Waals surface area contributed by atoms with Gasteiger partial charge in [-0.2, -0.15) is 0 Å². The van der Waals surface area contributed by atoms with Crippen LogP contribution in [-0.4, -0.2) is 38.6 Å². The van der Waals surface area contributed by atoms with Gasteiger partial charge in [-0.3, -0.25) is 0 Å². The normalized spacial score (nSPS) is 12.5. The van der Waals surface area contributed by atoms with Crippen molar-refractivity contribution in [2.24, 2.45) is 0 Å². The number of aromatic hydroxyl groups is 2. The van der Waals surface area contributed by atoms with Crippen molar-refractivity contribution in [1.82, 2.24) is 10.0 Å². The number of unbranched alkanes of at least 4 members (excludes halogenated alkanes) is 1. The van der Waals surface area contributed by atoms with E-state index in [1.165, 1.54) is 12.1 Å². The molecule has 1 heterocycles. The molecule has 1 amide bonds. The van der Waals surface area contributed by atoms with E-state index in [1.807, 2.05) is 6.92 Å². The van der Waals surface area contributed by atoms with Crippen molar-refractivity contribution < 1.29 is 29.4 Å². The lowest BCUT2D eigenvalue weighted by Crippen LogP contribution is -2.46. The van der Waals surface area contributed by atoms with Crippen LogP contribution >= 0.6 is 0 Å². The molecule has 0 bridgehead atoms. The van der Waals surface area contributed by atoms with Gasteiger partial charge in [0.25, 0.3) is 0 Å². The van der Waals surface area contributed by atoms with Gasteiger partial charge in [0.2, 0.25) is 11.8 Å². The van der Waals surface area contributed by atoms with Gasteiger partial charge < -0.3 is 25.1 Å². The number of hydrogen-bond acceptors (Lipinski definition) is 6. The highest BCUT2D eigenvalue weighted by Gasteiger charge is 2.27.